The molecule has 0 aliphatic heterocycles. The maximum absolute atomic E-state index is 13.2. The van der Waals surface area contributed by atoms with Gasteiger partial charge in [0, 0.05) is 15.6 Å². The molecule has 166 valence electrons. The van der Waals surface area contributed by atoms with Crippen LogP contribution in [-0.2, 0) is 21.5 Å². The highest BCUT2D eigenvalue weighted by molar-refractivity contribution is 7.93. The normalized spacial score (nSPS) is 12.4. The van der Waals surface area contributed by atoms with Gasteiger partial charge in [-0.3, -0.25) is 4.31 Å². The van der Waals surface area contributed by atoms with Crippen LogP contribution in [-0.4, -0.2) is 26.2 Å². The molecule has 0 saturated heterocycles. The van der Waals surface area contributed by atoms with E-state index in [0.717, 1.165) is 11.6 Å². The molecule has 0 fully saturated rings. The first kappa shape index (κ1) is 24.9. The second kappa shape index (κ2) is 10.3. The van der Waals surface area contributed by atoms with Gasteiger partial charge in [-0.05, 0) is 42.3 Å². The quantitative estimate of drug-likeness (QED) is 0.273. The molecule has 0 radical (unpaired) electrons. The van der Waals surface area contributed by atoms with Crippen LogP contribution in [0.5, 0.6) is 0 Å². The molecule has 2 aromatic carbocycles. The van der Waals surface area contributed by atoms with Crippen LogP contribution in [0.25, 0.3) is 0 Å². The Bertz CT molecular complexity index is 1100. The topological polar surface area (TPSA) is 59.0 Å². The van der Waals surface area contributed by atoms with Crippen molar-refractivity contribution >= 4 is 44.6 Å². The van der Waals surface area contributed by atoms with Gasteiger partial charge in [-0.15, -0.1) is 6.42 Å². The van der Waals surface area contributed by atoms with Crippen molar-refractivity contribution in [1.82, 2.24) is 0 Å². The van der Waals surface area contributed by atoms with E-state index in [9.17, 15) is 21.6 Å². The standard InChI is InChI=1S/C20H17Cl2F3N2O3S/c1-3-11-27(31(28,29)20(23,24)25)19-10-9-16(22)12-17(19)18(4-2)26-30-13-14-5-7-15(21)8-6-14/h1,5-10,12H,4,11,13H2,2H3/b26-18+. The number of alkyl halides is 3. The number of oxime groups is 1. The van der Waals surface area contributed by atoms with Gasteiger partial charge >= 0.3 is 15.5 Å². The summed E-state index contributed by atoms with van der Waals surface area (Å²) in [4.78, 5) is 5.33. The summed E-state index contributed by atoms with van der Waals surface area (Å²) in [5.41, 5.74) is -4.87. The Hall–Kier alpha value is -2.41. The molecule has 0 spiro atoms. The highest BCUT2D eigenvalue weighted by Crippen LogP contribution is 2.34. The average molecular weight is 493 g/mol. The highest BCUT2D eigenvalue weighted by Gasteiger charge is 2.50. The molecule has 0 bridgehead atoms. The number of nitrogens with zero attached hydrogens (tertiary/aromatic N) is 2. The van der Waals surface area contributed by atoms with Crippen molar-refractivity contribution in [3.63, 3.8) is 0 Å². The van der Waals surface area contributed by atoms with Crippen LogP contribution in [0, 0.1) is 12.3 Å². The third-order valence-electron chi connectivity index (χ3n) is 4.01. The molecule has 0 amide bonds. The summed E-state index contributed by atoms with van der Waals surface area (Å²) >= 11 is 11.8. The Kier molecular flexibility index (Phi) is 8.23. The molecule has 0 aliphatic rings. The lowest BCUT2D eigenvalue weighted by Gasteiger charge is -2.26. The number of terminal acetylenes is 1. The Balaban J connectivity index is 2.47. The SMILES string of the molecule is C#CCN(c1ccc(Cl)cc1/C(CC)=N/OCc1ccc(Cl)cc1)S(=O)(=O)C(F)(F)F. The van der Waals surface area contributed by atoms with E-state index in [1.807, 2.05) is 5.92 Å². The van der Waals surface area contributed by atoms with E-state index in [2.05, 4.69) is 5.16 Å². The van der Waals surface area contributed by atoms with Crippen molar-refractivity contribution in [2.24, 2.45) is 5.16 Å². The molecule has 2 rings (SSSR count). The molecule has 0 aromatic heterocycles. The van der Waals surface area contributed by atoms with Gasteiger partial charge in [-0.1, -0.05) is 53.3 Å². The summed E-state index contributed by atoms with van der Waals surface area (Å²) < 4.78 is 64.0. The van der Waals surface area contributed by atoms with Crippen molar-refractivity contribution in [3.05, 3.63) is 63.6 Å². The van der Waals surface area contributed by atoms with Gasteiger partial charge in [-0.25, -0.2) is 0 Å². The first-order valence-electron chi connectivity index (χ1n) is 8.77. The smallest absolute Gasteiger partial charge is 0.391 e. The number of halogens is 5. The van der Waals surface area contributed by atoms with Crippen LogP contribution in [0.2, 0.25) is 10.0 Å². The molecule has 0 atom stereocenters. The molecule has 0 heterocycles. The van der Waals surface area contributed by atoms with Crippen molar-refractivity contribution in [1.29, 1.82) is 0 Å². The van der Waals surface area contributed by atoms with Crippen molar-refractivity contribution in [3.8, 4) is 12.3 Å². The van der Waals surface area contributed by atoms with E-state index >= 15 is 0 Å². The lowest BCUT2D eigenvalue weighted by atomic mass is 10.1. The second-order valence-electron chi connectivity index (χ2n) is 6.11. The first-order valence-corrected chi connectivity index (χ1v) is 11.0. The Morgan fingerprint density at radius 1 is 1.16 bits per heavy atom. The molecule has 11 heteroatoms. The Labute approximate surface area is 188 Å². The van der Waals surface area contributed by atoms with Gasteiger partial charge < -0.3 is 4.84 Å². The van der Waals surface area contributed by atoms with E-state index in [4.69, 9.17) is 34.5 Å². The summed E-state index contributed by atoms with van der Waals surface area (Å²) in [7, 11) is -5.76. The minimum absolute atomic E-state index is 0.0502. The third-order valence-corrected chi connectivity index (χ3v) is 5.99. The van der Waals surface area contributed by atoms with Crippen molar-refractivity contribution in [2.45, 2.75) is 25.5 Å². The maximum atomic E-state index is 13.2. The number of anilines is 1. The fourth-order valence-electron chi connectivity index (χ4n) is 2.53. The van der Waals surface area contributed by atoms with Crippen LogP contribution >= 0.6 is 23.2 Å². The van der Waals surface area contributed by atoms with Crippen LogP contribution < -0.4 is 4.31 Å². The zero-order valence-corrected chi connectivity index (χ0v) is 18.5. The fraction of sp³-hybridized carbons (Fsp3) is 0.250. The molecular formula is C20H17Cl2F3N2O3S. The van der Waals surface area contributed by atoms with Gasteiger partial charge in [0.15, 0.2) is 0 Å². The fourth-order valence-corrected chi connectivity index (χ4v) is 3.74. The average Bonchev–Trinajstić information content (AvgIpc) is 2.70. The first-order chi connectivity index (χ1) is 14.5. The molecule has 0 aliphatic carbocycles. The Morgan fingerprint density at radius 2 is 1.77 bits per heavy atom. The number of benzene rings is 2. The number of rotatable bonds is 8. The Morgan fingerprint density at radius 3 is 2.32 bits per heavy atom. The number of sulfonamides is 1. The largest absolute Gasteiger partial charge is 0.516 e. The van der Waals surface area contributed by atoms with Crippen LogP contribution in [0.3, 0.4) is 0 Å². The zero-order chi connectivity index (χ0) is 23.2. The van der Waals surface area contributed by atoms with Gasteiger partial charge in [-0.2, -0.15) is 21.6 Å². The van der Waals surface area contributed by atoms with E-state index in [0.29, 0.717) is 5.02 Å². The molecule has 2 aromatic rings. The van der Waals surface area contributed by atoms with Crippen molar-refractivity contribution in [2.75, 3.05) is 10.8 Å². The molecule has 0 saturated carbocycles. The summed E-state index contributed by atoms with van der Waals surface area (Å²) in [6.07, 6.45) is 5.35. The lowest BCUT2D eigenvalue weighted by Crippen LogP contribution is -2.41. The van der Waals surface area contributed by atoms with Gasteiger partial charge in [0.05, 0.1) is 17.9 Å². The zero-order valence-electron chi connectivity index (χ0n) is 16.2. The van der Waals surface area contributed by atoms with Gasteiger partial charge in [0.1, 0.15) is 6.61 Å². The van der Waals surface area contributed by atoms with Gasteiger partial charge in [0.2, 0.25) is 0 Å². The maximum Gasteiger partial charge on any atom is 0.516 e. The third kappa shape index (κ3) is 6.06. The predicted octanol–water partition coefficient (Wildman–Crippen LogP) is 5.61. The number of hydrogen-bond acceptors (Lipinski definition) is 4. The van der Waals surface area contributed by atoms with Crippen LogP contribution in [0.4, 0.5) is 18.9 Å². The number of hydrogen-bond donors (Lipinski definition) is 0. The second-order valence-corrected chi connectivity index (χ2v) is 8.84. The summed E-state index contributed by atoms with van der Waals surface area (Å²) in [5, 5.41) is 4.70. The predicted molar refractivity (Wildman–Crippen MR) is 116 cm³/mol. The minimum atomic E-state index is -5.76. The lowest BCUT2D eigenvalue weighted by molar-refractivity contribution is -0.0437. The minimum Gasteiger partial charge on any atom is -0.391 e. The summed E-state index contributed by atoms with van der Waals surface area (Å²) in [6.45, 7) is 0.906. The summed E-state index contributed by atoms with van der Waals surface area (Å²) in [6, 6.07) is 10.5. The van der Waals surface area contributed by atoms with Crippen molar-refractivity contribution < 1.29 is 26.4 Å². The summed E-state index contributed by atoms with van der Waals surface area (Å²) in [5.74, 6) is 1.94. The van der Waals surface area contributed by atoms with E-state index in [1.165, 1.54) is 12.1 Å². The molecular weight excluding hydrogens is 476 g/mol. The molecule has 0 N–H and O–H groups in total. The molecule has 31 heavy (non-hydrogen) atoms. The van der Waals surface area contributed by atoms with Crippen LogP contribution in [0.1, 0.15) is 24.5 Å². The molecule has 0 unspecified atom stereocenters. The molecule has 5 nitrogen and oxygen atoms in total. The van der Waals surface area contributed by atoms with Gasteiger partial charge in [0.25, 0.3) is 0 Å². The monoisotopic (exact) mass is 492 g/mol. The van der Waals surface area contributed by atoms with Crippen LogP contribution in [0.15, 0.2) is 47.6 Å². The van der Waals surface area contributed by atoms with E-state index in [-0.39, 0.29) is 39.3 Å². The van der Waals surface area contributed by atoms with E-state index in [1.54, 1.807) is 31.2 Å². The van der Waals surface area contributed by atoms with E-state index < -0.39 is 22.1 Å². The highest BCUT2D eigenvalue weighted by atomic mass is 35.5.